The molecule has 1 aliphatic rings. The summed E-state index contributed by atoms with van der Waals surface area (Å²) >= 11 is 0. The Kier molecular flexibility index (Phi) is 7.12. The van der Waals surface area contributed by atoms with E-state index in [9.17, 15) is 9.59 Å². The number of rotatable bonds is 5. The van der Waals surface area contributed by atoms with Crippen molar-refractivity contribution in [3.05, 3.63) is 69.9 Å². The molecule has 0 fully saturated rings. The van der Waals surface area contributed by atoms with Crippen LogP contribution in [0.3, 0.4) is 0 Å². The van der Waals surface area contributed by atoms with Crippen LogP contribution in [0.15, 0.2) is 47.5 Å². The minimum Gasteiger partial charge on any atom is -0.446 e. The zero-order valence-electron chi connectivity index (χ0n) is 24.2. The Labute approximate surface area is 234 Å². The van der Waals surface area contributed by atoms with Crippen LogP contribution in [0.2, 0.25) is 0 Å². The quantitative estimate of drug-likeness (QED) is 0.371. The number of amides is 1. The SMILES string of the molecule is CC(C)n1c(=O)c2cnc(Nc3ccc4c(c3)CCC(OC(=O)N(C)C)C4)nc2n1-c1ccnc(C(C)(C)C)c1. The van der Waals surface area contributed by atoms with E-state index in [0.717, 1.165) is 29.9 Å². The monoisotopic (exact) mass is 543 g/mol. The molecule has 1 unspecified atom stereocenters. The van der Waals surface area contributed by atoms with Gasteiger partial charge in [0, 0.05) is 55.7 Å². The molecule has 0 saturated carbocycles. The number of benzene rings is 1. The van der Waals surface area contributed by atoms with E-state index in [-0.39, 0.29) is 29.2 Å². The van der Waals surface area contributed by atoms with Gasteiger partial charge in [0.05, 0.1) is 5.69 Å². The Morgan fingerprint density at radius 1 is 1.12 bits per heavy atom. The molecule has 3 aromatic heterocycles. The molecule has 1 amide bonds. The number of pyridine rings is 1. The molecule has 10 nitrogen and oxygen atoms in total. The molecule has 1 N–H and O–H groups in total. The lowest BCUT2D eigenvalue weighted by Crippen LogP contribution is -2.31. The third-order valence-electron chi connectivity index (χ3n) is 7.15. The third kappa shape index (κ3) is 5.30. The summed E-state index contributed by atoms with van der Waals surface area (Å²) in [6, 6.07) is 9.95. The second kappa shape index (κ2) is 10.4. The average Bonchev–Trinajstić information content (AvgIpc) is 3.20. The number of ether oxygens (including phenoxy) is 1. The zero-order valence-corrected chi connectivity index (χ0v) is 24.2. The molecule has 3 heterocycles. The van der Waals surface area contributed by atoms with E-state index in [1.54, 1.807) is 31.2 Å². The van der Waals surface area contributed by atoms with Crippen molar-refractivity contribution in [1.29, 1.82) is 0 Å². The van der Waals surface area contributed by atoms with Crippen LogP contribution >= 0.6 is 0 Å². The summed E-state index contributed by atoms with van der Waals surface area (Å²) in [6.45, 7) is 10.3. The van der Waals surface area contributed by atoms with E-state index in [1.807, 2.05) is 36.7 Å². The van der Waals surface area contributed by atoms with Gasteiger partial charge in [-0.1, -0.05) is 26.8 Å². The van der Waals surface area contributed by atoms with Gasteiger partial charge in [0.15, 0.2) is 5.65 Å². The molecule has 40 heavy (non-hydrogen) atoms. The summed E-state index contributed by atoms with van der Waals surface area (Å²) < 4.78 is 9.18. The Morgan fingerprint density at radius 2 is 1.90 bits per heavy atom. The number of aromatic nitrogens is 5. The van der Waals surface area contributed by atoms with Gasteiger partial charge in [0.25, 0.3) is 5.56 Å². The first kappa shape index (κ1) is 27.4. The first-order valence-corrected chi connectivity index (χ1v) is 13.7. The third-order valence-corrected chi connectivity index (χ3v) is 7.15. The average molecular weight is 544 g/mol. The summed E-state index contributed by atoms with van der Waals surface area (Å²) in [5.74, 6) is 0.404. The van der Waals surface area contributed by atoms with Gasteiger partial charge in [-0.05, 0) is 62.1 Å². The predicted molar refractivity (Wildman–Crippen MR) is 156 cm³/mol. The molecule has 5 rings (SSSR count). The number of fused-ring (bicyclic) bond motifs is 2. The second-order valence-electron chi connectivity index (χ2n) is 11.9. The van der Waals surface area contributed by atoms with Gasteiger partial charge in [0.2, 0.25) is 5.95 Å². The number of aryl methyl sites for hydroxylation is 1. The van der Waals surface area contributed by atoms with Crippen LogP contribution in [0.4, 0.5) is 16.4 Å². The van der Waals surface area contributed by atoms with Gasteiger partial charge in [-0.3, -0.25) is 9.78 Å². The van der Waals surface area contributed by atoms with Crippen molar-refractivity contribution in [1.82, 2.24) is 29.2 Å². The van der Waals surface area contributed by atoms with Crippen LogP contribution in [0.5, 0.6) is 0 Å². The molecule has 0 saturated heterocycles. The van der Waals surface area contributed by atoms with Crippen LogP contribution in [-0.2, 0) is 23.0 Å². The maximum absolute atomic E-state index is 13.4. The highest BCUT2D eigenvalue weighted by Crippen LogP contribution is 2.28. The summed E-state index contributed by atoms with van der Waals surface area (Å²) in [6.07, 6.45) is 5.20. The molecule has 0 radical (unpaired) electrons. The Hall–Kier alpha value is -4.21. The fourth-order valence-corrected chi connectivity index (χ4v) is 5.01. The summed E-state index contributed by atoms with van der Waals surface area (Å²) in [4.78, 5) is 40.7. The highest BCUT2D eigenvalue weighted by atomic mass is 16.6. The number of carbonyl (C=O) groups is 1. The van der Waals surface area contributed by atoms with E-state index in [2.05, 4.69) is 48.2 Å². The van der Waals surface area contributed by atoms with Gasteiger partial charge in [-0.15, -0.1) is 0 Å². The second-order valence-corrected chi connectivity index (χ2v) is 11.9. The molecular formula is C30H37N7O3. The lowest BCUT2D eigenvalue weighted by Gasteiger charge is -2.26. The fourth-order valence-electron chi connectivity index (χ4n) is 5.01. The number of anilines is 2. The topological polar surface area (TPSA) is 107 Å². The summed E-state index contributed by atoms with van der Waals surface area (Å²) in [5.41, 5.74) is 5.23. The molecule has 1 atom stereocenters. The van der Waals surface area contributed by atoms with Crippen molar-refractivity contribution in [2.45, 2.75) is 71.4 Å². The minimum absolute atomic E-state index is 0.0918. The number of nitrogens with zero attached hydrogens (tertiary/aromatic N) is 6. The van der Waals surface area contributed by atoms with Crippen LogP contribution in [-0.4, -0.2) is 55.5 Å². The molecular weight excluding hydrogens is 506 g/mol. The largest absolute Gasteiger partial charge is 0.446 e. The highest BCUT2D eigenvalue weighted by Gasteiger charge is 2.24. The minimum atomic E-state index is -0.314. The van der Waals surface area contributed by atoms with Crippen LogP contribution in [0.25, 0.3) is 16.7 Å². The number of carbonyl (C=O) groups excluding carboxylic acids is 1. The van der Waals surface area contributed by atoms with Crippen molar-refractivity contribution in [2.75, 3.05) is 19.4 Å². The van der Waals surface area contributed by atoms with E-state index in [0.29, 0.717) is 23.4 Å². The van der Waals surface area contributed by atoms with E-state index >= 15 is 0 Å². The van der Waals surface area contributed by atoms with Gasteiger partial charge in [-0.25, -0.2) is 19.1 Å². The van der Waals surface area contributed by atoms with Gasteiger partial charge in [-0.2, -0.15) is 4.98 Å². The Balaban J connectivity index is 1.48. The normalized spacial score (nSPS) is 15.2. The van der Waals surface area contributed by atoms with Crippen LogP contribution in [0, 0.1) is 0 Å². The number of hydrogen-bond acceptors (Lipinski definition) is 7. The molecule has 0 aliphatic heterocycles. The van der Waals surface area contributed by atoms with Gasteiger partial charge >= 0.3 is 6.09 Å². The summed E-state index contributed by atoms with van der Waals surface area (Å²) in [7, 11) is 3.38. The fraction of sp³-hybridized carbons (Fsp3) is 0.433. The van der Waals surface area contributed by atoms with Crippen LogP contribution < -0.4 is 10.9 Å². The van der Waals surface area contributed by atoms with Crippen molar-refractivity contribution in [3.8, 4) is 5.69 Å². The zero-order chi connectivity index (χ0) is 28.8. The highest BCUT2D eigenvalue weighted by molar-refractivity contribution is 5.77. The molecule has 210 valence electrons. The van der Waals surface area contributed by atoms with E-state index in [4.69, 9.17) is 9.72 Å². The standard InChI is InChI=1S/C30H37N7O3/c1-18(2)36-27(38)24-17-32-28(34-26(24)37(36)22-12-13-31-25(16-22)30(3,4)5)33-21-10-8-20-15-23(11-9-19(20)14-21)40-29(39)35(6)7/h8,10,12-14,16-18,23H,9,11,15H2,1-7H3,(H,32,33,34). The first-order valence-electron chi connectivity index (χ1n) is 13.7. The molecule has 0 bridgehead atoms. The molecule has 4 aromatic rings. The lowest BCUT2D eigenvalue weighted by molar-refractivity contribution is 0.0679. The van der Waals surface area contributed by atoms with Gasteiger partial charge in [0.1, 0.15) is 11.5 Å². The van der Waals surface area contributed by atoms with Crippen molar-refractivity contribution in [3.63, 3.8) is 0 Å². The van der Waals surface area contributed by atoms with Crippen molar-refractivity contribution >= 4 is 28.8 Å². The van der Waals surface area contributed by atoms with Crippen molar-refractivity contribution < 1.29 is 9.53 Å². The van der Waals surface area contributed by atoms with E-state index < -0.39 is 0 Å². The maximum atomic E-state index is 13.4. The predicted octanol–water partition coefficient (Wildman–Crippen LogP) is 5.15. The molecule has 1 aliphatic carbocycles. The molecule has 1 aromatic carbocycles. The van der Waals surface area contributed by atoms with Crippen molar-refractivity contribution in [2.24, 2.45) is 0 Å². The number of hydrogen-bond donors (Lipinski definition) is 1. The molecule has 0 spiro atoms. The maximum Gasteiger partial charge on any atom is 0.409 e. The lowest BCUT2D eigenvalue weighted by atomic mass is 9.89. The first-order chi connectivity index (χ1) is 18.9. The molecule has 10 heteroatoms. The van der Waals surface area contributed by atoms with E-state index in [1.165, 1.54) is 16.0 Å². The van der Waals surface area contributed by atoms with Crippen LogP contribution in [0.1, 0.15) is 63.9 Å². The van der Waals surface area contributed by atoms with Gasteiger partial charge < -0.3 is 15.0 Å². The number of nitrogens with one attached hydrogen (secondary N) is 1. The smallest absolute Gasteiger partial charge is 0.409 e. The Morgan fingerprint density at radius 3 is 2.60 bits per heavy atom. The summed E-state index contributed by atoms with van der Waals surface area (Å²) in [5, 5.41) is 3.78. The Bertz CT molecular complexity index is 1630.